The molecule has 1 saturated heterocycles. The SMILES string of the molecule is COc1ccc(C(=O)n2nc(C)c(S(=O)(=O)N3CCC(C)CC3)c2C)cc1OC. The molecule has 8 nitrogen and oxygen atoms in total. The van der Waals surface area contributed by atoms with E-state index in [0.29, 0.717) is 47.5 Å². The minimum atomic E-state index is -3.71. The van der Waals surface area contributed by atoms with Crippen molar-refractivity contribution in [1.29, 1.82) is 0 Å². The number of carbonyl (C=O) groups excluding carboxylic acids is 1. The Morgan fingerprint density at radius 2 is 1.72 bits per heavy atom. The number of sulfonamides is 1. The van der Waals surface area contributed by atoms with E-state index >= 15 is 0 Å². The number of aromatic nitrogens is 2. The summed E-state index contributed by atoms with van der Waals surface area (Å²) in [7, 11) is -0.714. The summed E-state index contributed by atoms with van der Waals surface area (Å²) in [6.07, 6.45) is 1.66. The molecule has 0 atom stereocenters. The third kappa shape index (κ3) is 3.89. The minimum Gasteiger partial charge on any atom is -0.493 e. The number of rotatable bonds is 5. The molecule has 0 saturated carbocycles. The molecule has 0 amide bonds. The van der Waals surface area contributed by atoms with Crippen LogP contribution in [0.2, 0.25) is 0 Å². The van der Waals surface area contributed by atoms with Gasteiger partial charge in [0.25, 0.3) is 5.91 Å². The number of nitrogens with zero attached hydrogens (tertiary/aromatic N) is 3. The zero-order valence-corrected chi connectivity index (χ0v) is 18.2. The summed E-state index contributed by atoms with van der Waals surface area (Å²) in [6, 6.07) is 4.78. The van der Waals surface area contributed by atoms with Gasteiger partial charge in [-0.05, 0) is 50.8 Å². The van der Waals surface area contributed by atoms with Crippen molar-refractivity contribution in [2.75, 3.05) is 27.3 Å². The lowest BCUT2D eigenvalue weighted by atomic mass is 10.0. The maximum absolute atomic E-state index is 13.2. The van der Waals surface area contributed by atoms with Gasteiger partial charge in [-0.25, -0.2) is 8.42 Å². The Morgan fingerprint density at radius 1 is 1.10 bits per heavy atom. The number of aryl methyl sites for hydroxylation is 1. The second-order valence-electron chi connectivity index (χ2n) is 7.37. The number of hydrogen-bond acceptors (Lipinski definition) is 6. The predicted molar refractivity (Wildman–Crippen MR) is 108 cm³/mol. The molecule has 0 bridgehead atoms. The first-order valence-corrected chi connectivity index (χ1v) is 11.0. The molecule has 2 aromatic rings. The minimum absolute atomic E-state index is 0.112. The van der Waals surface area contributed by atoms with E-state index in [0.717, 1.165) is 17.5 Å². The molecule has 0 spiro atoms. The van der Waals surface area contributed by atoms with Gasteiger partial charge in [-0.2, -0.15) is 14.1 Å². The first kappa shape index (κ1) is 21.3. The second kappa shape index (κ2) is 8.16. The summed E-state index contributed by atoms with van der Waals surface area (Å²) in [5, 5.41) is 4.25. The summed E-state index contributed by atoms with van der Waals surface area (Å²) in [4.78, 5) is 13.2. The van der Waals surface area contributed by atoms with Crippen molar-refractivity contribution < 1.29 is 22.7 Å². The second-order valence-corrected chi connectivity index (χ2v) is 9.25. The molecule has 0 N–H and O–H groups in total. The van der Waals surface area contributed by atoms with E-state index in [1.807, 2.05) is 0 Å². The van der Waals surface area contributed by atoms with Crippen molar-refractivity contribution in [1.82, 2.24) is 14.1 Å². The van der Waals surface area contributed by atoms with Crippen LogP contribution < -0.4 is 9.47 Å². The molecule has 0 unspecified atom stereocenters. The first-order chi connectivity index (χ1) is 13.7. The zero-order valence-electron chi connectivity index (χ0n) is 17.4. The van der Waals surface area contributed by atoms with Gasteiger partial charge in [0.15, 0.2) is 11.5 Å². The molecule has 158 valence electrons. The molecule has 0 radical (unpaired) electrons. The molecule has 0 aliphatic carbocycles. The van der Waals surface area contributed by atoms with E-state index in [1.54, 1.807) is 32.0 Å². The van der Waals surface area contributed by atoms with Crippen molar-refractivity contribution in [3.05, 3.63) is 35.2 Å². The molecular formula is C20H27N3O5S. The monoisotopic (exact) mass is 421 g/mol. The molecule has 1 aromatic carbocycles. The smallest absolute Gasteiger partial charge is 0.278 e. The van der Waals surface area contributed by atoms with Crippen LogP contribution in [0.5, 0.6) is 11.5 Å². The Labute approximate surface area is 171 Å². The lowest BCUT2D eigenvalue weighted by Crippen LogP contribution is -2.38. The highest BCUT2D eigenvalue weighted by atomic mass is 32.2. The van der Waals surface area contributed by atoms with Gasteiger partial charge in [0.2, 0.25) is 10.0 Å². The number of carbonyl (C=O) groups is 1. The average Bonchev–Trinajstić information content (AvgIpc) is 3.01. The highest BCUT2D eigenvalue weighted by Crippen LogP contribution is 2.30. The van der Waals surface area contributed by atoms with E-state index in [1.165, 1.54) is 18.5 Å². The van der Waals surface area contributed by atoms with Crippen LogP contribution >= 0.6 is 0 Å². The van der Waals surface area contributed by atoms with Crippen LogP contribution in [0.15, 0.2) is 23.1 Å². The van der Waals surface area contributed by atoms with Crippen molar-refractivity contribution >= 4 is 15.9 Å². The molecule has 9 heteroatoms. The fourth-order valence-electron chi connectivity index (χ4n) is 3.65. The highest BCUT2D eigenvalue weighted by Gasteiger charge is 2.34. The van der Waals surface area contributed by atoms with E-state index in [2.05, 4.69) is 12.0 Å². The number of benzene rings is 1. The normalized spacial score (nSPS) is 16.0. The van der Waals surface area contributed by atoms with Crippen LogP contribution in [0.25, 0.3) is 0 Å². The summed E-state index contributed by atoms with van der Waals surface area (Å²) in [6.45, 7) is 6.32. The number of piperidine rings is 1. The van der Waals surface area contributed by atoms with E-state index < -0.39 is 15.9 Å². The van der Waals surface area contributed by atoms with E-state index in [4.69, 9.17) is 9.47 Å². The summed E-state index contributed by atoms with van der Waals surface area (Å²) in [5.41, 5.74) is 0.944. The zero-order chi connectivity index (χ0) is 21.3. The van der Waals surface area contributed by atoms with Crippen LogP contribution in [-0.2, 0) is 10.0 Å². The van der Waals surface area contributed by atoms with E-state index in [-0.39, 0.29) is 4.90 Å². The summed E-state index contributed by atoms with van der Waals surface area (Å²) < 4.78 is 39.5. The van der Waals surface area contributed by atoms with Crippen molar-refractivity contribution in [3.8, 4) is 11.5 Å². The quantitative estimate of drug-likeness (QED) is 0.737. The number of hydrogen-bond donors (Lipinski definition) is 0. The third-order valence-corrected chi connectivity index (χ3v) is 7.54. The lowest BCUT2D eigenvalue weighted by Gasteiger charge is -2.29. The van der Waals surface area contributed by atoms with Crippen LogP contribution in [-0.4, -0.2) is 55.7 Å². The summed E-state index contributed by atoms with van der Waals surface area (Å²) >= 11 is 0. The molecule has 3 rings (SSSR count). The maximum atomic E-state index is 13.2. The molecular weight excluding hydrogens is 394 g/mol. The fraction of sp³-hybridized carbons (Fsp3) is 0.500. The van der Waals surface area contributed by atoms with Crippen LogP contribution in [0.1, 0.15) is 41.5 Å². The Morgan fingerprint density at radius 3 is 2.31 bits per heavy atom. The average molecular weight is 422 g/mol. The number of methoxy groups -OCH3 is 2. The van der Waals surface area contributed by atoms with Gasteiger partial charge in [0, 0.05) is 18.7 Å². The van der Waals surface area contributed by atoms with Gasteiger partial charge in [0.1, 0.15) is 4.90 Å². The highest BCUT2D eigenvalue weighted by molar-refractivity contribution is 7.89. The molecule has 1 aliphatic heterocycles. The lowest BCUT2D eigenvalue weighted by molar-refractivity contribution is 0.0941. The van der Waals surface area contributed by atoms with Gasteiger partial charge >= 0.3 is 0 Å². The fourth-order valence-corrected chi connectivity index (χ4v) is 5.47. The van der Waals surface area contributed by atoms with Crippen molar-refractivity contribution in [2.24, 2.45) is 5.92 Å². The molecule has 1 fully saturated rings. The van der Waals surface area contributed by atoms with Gasteiger partial charge in [-0.3, -0.25) is 4.79 Å². The van der Waals surface area contributed by atoms with Crippen LogP contribution in [0.4, 0.5) is 0 Å². The Bertz CT molecular complexity index is 1020. The predicted octanol–water partition coefficient (Wildman–Crippen LogP) is 2.63. The largest absolute Gasteiger partial charge is 0.493 e. The molecule has 1 aromatic heterocycles. The van der Waals surface area contributed by atoms with Crippen molar-refractivity contribution in [3.63, 3.8) is 0 Å². The first-order valence-electron chi connectivity index (χ1n) is 9.53. The number of ether oxygens (including phenoxy) is 2. The van der Waals surface area contributed by atoms with Crippen LogP contribution in [0, 0.1) is 19.8 Å². The van der Waals surface area contributed by atoms with Gasteiger partial charge in [-0.15, -0.1) is 0 Å². The maximum Gasteiger partial charge on any atom is 0.278 e. The standard InChI is InChI=1S/C20H27N3O5S/c1-13-8-10-22(11-9-13)29(25,26)19-14(2)21-23(15(19)3)20(24)16-6-7-17(27-4)18(12-16)28-5/h6-7,12-13H,8-11H2,1-5H3. The summed E-state index contributed by atoms with van der Waals surface area (Å²) in [5.74, 6) is 0.994. The third-order valence-electron chi connectivity index (χ3n) is 5.39. The van der Waals surface area contributed by atoms with Gasteiger partial charge in [0.05, 0.1) is 25.6 Å². The molecule has 1 aliphatic rings. The van der Waals surface area contributed by atoms with Gasteiger partial charge < -0.3 is 9.47 Å². The molecule has 29 heavy (non-hydrogen) atoms. The Hall–Kier alpha value is -2.39. The Balaban J connectivity index is 1.98. The van der Waals surface area contributed by atoms with Gasteiger partial charge in [-0.1, -0.05) is 6.92 Å². The Kier molecular flexibility index (Phi) is 6.00. The molecule has 2 heterocycles. The topological polar surface area (TPSA) is 90.7 Å². The van der Waals surface area contributed by atoms with Crippen LogP contribution in [0.3, 0.4) is 0 Å². The van der Waals surface area contributed by atoms with Crippen molar-refractivity contribution in [2.45, 2.75) is 38.5 Å². The van der Waals surface area contributed by atoms with E-state index in [9.17, 15) is 13.2 Å².